The van der Waals surface area contributed by atoms with Gasteiger partial charge >= 0.3 is 0 Å². The van der Waals surface area contributed by atoms with E-state index in [-0.39, 0.29) is 24.8 Å². The summed E-state index contributed by atoms with van der Waals surface area (Å²) in [7, 11) is 0. The molecule has 0 fully saturated rings. The van der Waals surface area contributed by atoms with E-state index >= 15 is 0 Å². The number of benzene rings is 1. The lowest BCUT2D eigenvalue weighted by molar-refractivity contribution is 0.588. The van der Waals surface area contributed by atoms with E-state index < -0.39 is 0 Å². The molecule has 26 heavy (non-hydrogen) atoms. The number of nitrogens with zero attached hydrogens (tertiary/aromatic N) is 4. The van der Waals surface area contributed by atoms with Crippen LogP contribution < -0.4 is 5.32 Å². The predicted octanol–water partition coefficient (Wildman–Crippen LogP) is 4.44. The fourth-order valence-electron chi connectivity index (χ4n) is 2.98. The summed E-state index contributed by atoms with van der Waals surface area (Å²) < 4.78 is 4.16. The Hall–Kier alpha value is -1.24. The van der Waals surface area contributed by atoms with Gasteiger partial charge in [0.05, 0.1) is 15.7 Å². The fraction of sp³-hybridized carbons (Fsp3) is 0.294. The standard InChI is InChI=1S/C17H17Cl2N5.2ClH/c18-14-3-2-12(8-15(14)19)11-23-7-5-21-17(23)16-9-13-10-20-4-1-6-24(13)22-16;;/h2-3,5,7-9,20H,1,4,6,10-11H2;2*1H. The van der Waals surface area contributed by atoms with Crippen LogP contribution in [0.1, 0.15) is 17.7 Å². The maximum Gasteiger partial charge on any atom is 0.160 e. The molecule has 5 nitrogen and oxygen atoms in total. The minimum absolute atomic E-state index is 0. The largest absolute Gasteiger partial charge is 0.325 e. The van der Waals surface area contributed by atoms with Crippen molar-refractivity contribution in [1.29, 1.82) is 0 Å². The van der Waals surface area contributed by atoms with Crippen molar-refractivity contribution in [3.8, 4) is 11.5 Å². The highest BCUT2D eigenvalue weighted by Crippen LogP contribution is 2.24. The quantitative estimate of drug-likeness (QED) is 0.662. The summed E-state index contributed by atoms with van der Waals surface area (Å²) in [6.07, 6.45) is 4.85. The Bertz CT molecular complexity index is 850. The number of nitrogens with one attached hydrogen (secondary N) is 1. The topological polar surface area (TPSA) is 47.7 Å². The molecule has 9 heteroatoms. The summed E-state index contributed by atoms with van der Waals surface area (Å²) in [5.41, 5.74) is 3.18. The number of halogens is 4. The zero-order valence-electron chi connectivity index (χ0n) is 13.9. The number of aromatic nitrogens is 4. The first-order valence-electron chi connectivity index (χ1n) is 7.93. The van der Waals surface area contributed by atoms with Crippen molar-refractivity contribution in [2.75, 3.05) is 6.54 Å². The van der Waals surface area contributed by atoms with Crippen LogP contribution >= 0.6 is 48.0 Å². The molecule has 3 heterocycles. The second-order valence-electron chi connectivity index (χ2n) is 5.90. The molecule has 0 radical (unpaired) electrons. The van der Waals surface area contributed by atoms with Gasteiger partial charge in [0.15, 0.2) is 5.82 Å². The average Bonchev–Trinajstić information content (AvgIpc) is 3.12. The molecule has 1 aliphatic rings. The van der Waals surface area contributed by atoms with Crippen LogP contribution in [0.2, 0.25) is 10.0 Å². The lowest BCUT2D eigenvalue weighted by atomic mass is 10.2. The van der Waals surface area contributed by atoms with Gasteiger partial charge in [-0.05, 0) is 36.7 Å². The van der Waals surface area contributed by atoms with E-state index in [1.807, 2.05) is 24.4 Å². The van der Waals surface area contributed by atoms with E-state index in [2.05, 4.69) is 25.6 Å². The van der Waals surface area contributed by atoms with E-state index in [0.29, 0.717) is 16.6 Å². The van der Waals surface area contributed by atoms with Crippen LogP contribution in [-0.2, 0) is 19.6 Å². The summed E-state index contributed by atoms with van der Waals surface area (Å²) in [6, 6.07) is 7.80. The van der Waals surface area contributed by atoms with Gasteiger partial charge in [-0.25, -0.2) is 4.98 Å². The molecular weight excluding hydrogens is 416 g/mol. The van der Waals surface area contributed by atoms with Crippen LogP contribution in [0.25, 0.3) is 11.5 Å². The first-order chi connectivity index (χ1) is 11.7. The van der Waals surface area contributed by atoms with Crippen LogP contribution in [0.5, 0.6) is 0 Å². The molecular formula is C17H19Cl4N5. The maximum absolute atomic E-state index is 6.12. The van der Waals surface area contributed by atoms with E-state index in [9.17, 15) is 0 Å². The molecule has 0 spiro atoms. The minimum atomic E-state index is 0. The fourth-order valence-corrected chi connectivity index (χ4v) is 3.30. The Morgan fingerprint density at radius 1 is 1.12 bits per heavy atom. The minimum Gasteiger partial charge on any atom is -0.325 e. The van der Waals surface area contributed by atoms with Crippen LogP contribution in [0.3, 0.4) is 0 Å². The predicted molar refractivity (Wildman–Crippen MR) is 110 cm³/mol. The molecule has 2 aromatic heterocycles. The number of fused-ring (bicyclic) bond motifs is 1. The van der Waals surface area contributed by atoms with E-state index in [1.54, 1.807) is 6.20 Å². The molecule has 0 atom stereocenters. The molecule has 0 aliphatic carbocycles. The molecule has 1 aliphatic heterocycles. The van der Waals surface area contributed by atoms with Gasteiger partial charge in [-0.2, -0.15) is 5.10 Å². The normalized spacial score (nSPS) is 13.3. The molecule has 140 valence electrons. The molecule has 1 N–H and O–H groups in total. The van der Waals surface area contributed by atoms with Gasteiger partial charge in [-0.15, -0.1) is 24.8 Å². The van der Waals surface area contributed by atoms with Gasteiger partial charge < -0.3 is 9.88 Å². The zero-order chi connectivity index (χ0) is 16.5. The second kappa shape index (κ2) is 9.11. The Balaban J connectivity index is 0.00000121. The zero-order valence-corrected chi connectivity index (χ0v) is 17.0. The summed E-state index contributed by atoms with van der Waals surface area (Å²) in [5.74, 6) is 0.863. The first kappa shape index (κ1) is 21.1. The SMILES string of the molecule is Cl.Cl.Clc1ccc(Cn2ccnc2-c2cc3n(n2)CCCNC3)cc1Cl. The van der Waals surface area contributed by atoms with Gasteiger partial charge in [-0.3, -0.25) is 4.68 Å². The molecule has 3 aromatic rings. The van der Waals surface area contributed by atoms with Crippen LogP contribution in [-0.4, -0.2) is 25.9 Å². The van der Waals surface area contributed by atoms with E-state index in [1.165, 1.54) is 5.69 Å². The Morgan fingerprint density at radius 3 is 2.77 bits per heavy atom. The van der Waals surface area contributed by atoms with E-state index in [0.717, 1.165) is 43.1 Å². The second-order valence-corrected chi connectivity index (χ2v) is 6.72. The highest BCUT2D eigenvalue weighted by atomic mass is 35.5. The molecule has 0 amide bonds. The molecule has 0 bridgehead atoms. The summed E-state index contributed by atoms with van der Waals surface area (Å²) in [5, 5.41) is 9.28. The number of imidazole rings is 1. The number of rotatable bonds is 3. The third-order valence-electron chi connectivity index (χ3n) is 4.17. The van der Waals surface area contributed by atoms with Crippen molar-refractivity contribution in [2.45, 2.75) is 26.1 Å². The summed E-state index contributed by atoms with van der Waals surface area (Å²) in [4.78, 5) is 4.50. The van der Waals surface area contributed by atoms with Crippen molar-refractivity contribution < 1.29 is 0 Å². The van der Waals surface area contributed by atoms with Crippen LogP contribution in [0, 0.1) is 0 Å². The van der Waals surface area contributed by atoms with Gasteiger partial charge in [0.1, 0.15) is 5.69 Å². The van der Waals surface area contributed by atoms with Crippen molar-refractivity contribution in [3.63, 3.8) is 0 Å². The number of hydrogen-bond acceptors (Lipinski definition) is 3. The Labute approximate surface area is 174 Å². The molecule has 0 saturated carbocycles. The van der Waals surface area contributed by atoms with E-state index in [4.69, 9.17) is 28.3 Å². The van der Waals surface area contributed by atoms with Gasteiger partial charge in [0.2, 0.25) is 0 Å². The molecule has 0 unspecified atom stereocenters. The summed E-state index contributed by atoms with van der Waals surface area (Å²) in [6.45, 7) is 3.49. The van der Waals surface area contributed by atoms with Gasteiger partial charge in [0, 0.05) is 32.0 Å². The lowest BCUT2D eigenvalue weighted by Gasteiger charge is -2.07. The highest BCUT2D eigenvalue weighted by molar-refractivity contribution is 6.42. The van der Waals surface area contributed by atoms with Crippen molar-refractivity contribution in [2.24, 2.45) is 0 Å². The summed E-state index contributed by atoms with van der Waals surface area (Å²) >= 11 is 12.1. The maximum atomic E-state index is 6.12. The lowest BCUT2D eigenvalue weighted by Crippen LogP contribution is -2.11. The van der Waals surface area contributed by atoms with Crippen LogP contribution in [0.4, 0.5) is 0 Å². The average molecular weight is 435 g/mol. The first-order valence-corrected chi connectivity index (χ1v) is 8.69. The smallest absolute Gasteiger partial charge is 0.160 e. The number of aryl methyl sites for hydroxylation is 1. The van der Waals surface area contributed by atoms with Crippen molar-refractivity contribution in [1.82, 2.24) is 24.6 Å². The van der Waals surface area contributed by atoms with Crippen LogP contribution in [0.15, 0.2) is 36.7 Å². The highest BCUT2D eigenvalue weighted by Gasteiger charge is 2.15. The Morgan fingerprint density at radius 2 is 1.96 bits per heavy atom. The van der Waals surface area contributed by atoms with Gasteiger partial charge in [-0.1, -0.05) is 29.3 Å². The number of hydrogen-bond donors (Lipinski definition) is 1. The monoisotopic (exact) mass is 433 g/mol. The van der Waals surface area contributed by atoms with Crippen molar-refractivity contribution >= 4 is 48.0 Å². The third kappa shape index (κ3) is 4.35. The molecule has 1 aromatic carbocycles. The van der Waals surface area contributed by atoms with Crippen molar-refractivity contribution in [3.05, 3.63) is 58.0 Å². The Kier molecular flexibility index (Phi) is 7.38. The third-order valence-corrected chi connectivity index (χ3v) is 4.91. The molecule has 0 saturated heterocycles. The molecule has 4 rings (SSSR count). The van der Waals surface area contributed by atoms with Gasteiger partial charge in [0.25, 0.3) is 0 Å².